The first-order valence-corrected chi connectivity index (χ1v) is 7.21. The average molecular weight is 287 g/mol. The Balaban J connectivity index is 2.81. The van der Waals surface area contributed by atoms with E-state index < -0.39 is 33.3 Å². The Morgan fingerprint density at radius 1 is 1.37 bits per heavy atom. The second kappa shape index (κ2) is 6.28. The fourth-order valence-corrected chi connectivity index (χ4v) is 2.49. The third-order valence-electron chi connectivity index (χ3n) is 2.04. The zero-order valence-corrected chi connectivity index (χ0v) is 11.0. The molecule has 0 amide bonds. The van der Waals surface area contributed by atoms with Gasteiger partial charge in [-0.2, -0.15) is 0 Å². The van der Waals surface area contributed by atoms with Crippen LogP contribution < -0.4 is 0 Å². The number of carbonyl (C=O) groups is 2. The Bertz CT molecular complexity index is 581. The number of aromatic carboxylic acids is 1. The summed E-state index contributed by atoms with van der Waals surface area (Å²) in [5.74, 6) is -3.34. The maximum Gasteiger partial charge on any atom is 0.354 e. The number of carbonyl (C=O) groups excluding carboxylic acids is 1. The van der Waals surface area contributed by atoms with Crippen molar-refractivity contribution in [3.05, 3.63) is 29.6 Å². The number of hydrogen-bond acceptors (Lipinski definition) is 6. The molecule has 1 rings (SSSR count). The van der Waals surface area contributed by atoms with E-state index in [4.69, 9.17) is 5.11 Å². The summed E-state index contributed by atoms with van der Waals surface area (Å²) in [4.78, 5) is 25.5. The van der Waals surface area contributed by atoms with Crippen LogP contribution >= 0.6 is 0 Å². The summed E-state index contributed by atoms with van der Waals surface area (Å²) in [6, 6.07) is 4.03. The highest BCUT2D eigenvalue weighted by Crippen LogP contribution is 2.06. The fraction of sp³-hybridized carbons (Fsp3) is 0.364. The lowest BCUT2D eigenvalue weighted by molar-refractivity contribution is -0.139. The number of hydrogen-bond donors (Lipinski definition) is 1. The Hall–Kier alpha value is -1.96. The monoisotopic (exact) mass is 287 g/mol. The van der Waals surface area contributed by atoms with Crippen molar-refractivity contribution in [3.63, 3.8) is 0 Å². The van der Waals surface area contributed by atoms with E-state index in [9.17, 15) is 18.0 Å². The van der Waals surface area contributed by atoms with Crippen LogP contribution in [0.3, 0.4) is 0 Å². The van der Waals surface area contributed by atoms with Crippen molar-refractivity contribution in [3.8, 4) is 0 Å². The smallest absolute Gasteiger partial charge is 0.354 e. The molecule has 1 aromatic heterocycles. The van der Waals surface area contributed by atoms with Gasteiger partial charge in [-0.3, -0.25) is 4.79 Å². The van der Waals surface area contributed by atoms with E-state index in [1.807, 2.05) is 0 Å². The van der Waals surface area contributed by atoms with E-state index in [2.05, 4.69) is 9.72 Å². The molecule has 1 heterocycles. The first kappa shape index (κ1) is 15.1. The molecule has 0 saturated carbocycles. The van der Waals surface area contributed by atoms with Crippen molar-refractivity contribution in [2.24, 2.45) is 0 Å². The first-order valence-electron chi connectivity index (χ1n) is 5.39. The van der Waals surface area contributed by atoms with Crippen LogP contribution in [0.4, 0.5) is 0 Å². The number of aromatic nitrogens is 1. The van der Waals surface area contributed by atoms with E-state index in [0.29, 0.717) is 0 Å². The lowest BCUT2D eigenvalue weighted by Crippen LogP contribution is -2.20. The number of esters is 1. The minimum Gasteiger partial charge on any atom is -0.477 e. The number of rotatable bonds is 6. The van der Waals surface area contributed by atoms with E-state index in [0.717, 1.165) is 0 Å². The molecular formula is C11H13NO6S. The van der Waals surface area contributed by atoms with Gasteiger partial charge in [0.15, 0.2) is 9.84 Å². The lowest BCUT2D eigenvalue weighted by atomic mass is 10.3. The minimum atomic E-state index is -3.73. The van der Waals surface area contributed by atoms with Gasteiger partial charge < -0.3 is 9.84 Å². The van der Waals surface area contributed by atoms with Gasteiger partial charge in [0.05, 0.1) is 18.1 Å². The zero-order valence-electron chi connectivity index (χ0n) is 10.2. The number of nitrogens with zero attached hydrogens (tertiary/aromatic N) is 1. The van der Waals surface area contributed by atoms with Crippen molar-refractivity contribution < 1.29 is 27.9 Å². The van der Waals surface area contributed by atoms with E-state index in [1.54, 1.807) is 6.92 Å². The molecule has 0 aliphatic carbocycles. The first-order chi connectivity index (χ1) is 8.84. The van der Waals surface area contributed by atoms with Gasteiger partial charge in [-0.1, -0.05) is 6.07 Å². The molecule has 8 heteroatoms. The van der Waals surface area contributed by atoms with Crippen molar-refractivity contribution in [2.75, 3.05) is 12.4 Å². The molecule has 1 N–H and O–H groups in total. The van der Waals surface area contributed by atoms with Crippen molar-refractivity contribution in [1.29, 1.82) is 0 Å². The molecule has 0 aliphatic heterocycles. The molecule has 0 radical (unpaired) electrons. The molecule has 0 saturated heterocycles. The number of carboxylic acid groups (broad SMARTS) is 1. The molecule has 7 nitrogen and oxygen atoms in total. The second-order valence-electron chi connectivity index (χ2n) is 3.66. The van der Waals surface area contributed by atoms with E-state index >= 15 is 0 Å². The molecule has 0 atom stereocenters. The average Bonchev–Trinajstić information content (AvgIpc) is 2.27. The number of sulfone groups is 1. The largest absolute Gasteiger partial charge is 0.477 e. The van der Waals surface area contributed by atoms with Crippen LogP contribution in [0.2, 0.25) is 0 Å². The summed E-state index contributed by atoms with van der Waals surface area (Å²) < 4.78 is 27.9. The van der Waals surface area contributed by atoms with Gasteiger partial charge >= 0.3 is 11.9 Å². The van der Waals surface area contributed by atoms with Crippen molar-refractivity contribution in [2.45, 2.75) is 12.7 Å². The van der Waals surface area contributed by atoms with E-state index in [1.165, 1.54) is 18.2 Å². The molecule has 0 bridgehead atoms. The third-order valence-corrected chi connectivity index (χ3v) is 3.45. The van der Waals surface area contributed by atoms with Gasteiger partial charge in [0.1, 0.15) is 11.4 Å². The van der Waals surface area contributed by atoms with E-state index in [-0.39, 0.29) is 18.0 Å². The molecule has 0 aromatic carbocycles. The molecular weight excluding hydrogens is 274 g/mol. The molecule has 1 aromatic rings. The molecule has 0 spiro atoms. The summed E-state index contributed by atoms with van der Waals surface area (Å²) in [6.45, 7) is 1.67. The highest BCUT2D eigenvalue weighted by molar-refractivity contribution is 7.91. The highest BCUT2D eigenvalue weighted by Gasteiger charge is 2.19. The van der Waals surface area contributed by atoms with Crippen LogP contribution in [0.5, 0.6) is 0 Å². The SMILES string of the molecule is CCOC(=O)CS(=O)(=O)Cc1cccc(C(=O)O)n1. The molecule has 0 fully saturated rings. The highest BCUT2D eigenvalue weighted by atomic mass is 32.2. The molecule has 104 valence electrons. The van der Waals surface area contributed by atoms with Gasteiger partial charge in [0, 0.05) is 0 Å². The standard InChI is InChI=1S/C11H13NO6S/c1-2-18-10(13)7-19(16,17)6-8-4-3-5-9(12-8)11(14)15/h3-5H,2,6-7H2,1H3,(H,14,15). The van der Waals surface area contributed by atoms with Gasteiger partial charge in [0.2, 0.25) is 0 Å². The summed E-state index contributed by atoms with van der Waals surface area (Å²) in [5, 5.41) is 8.74. The van der Waals surface area contributed by atoms with Gasteiger partial charge in [-0.05, 0) is 19.1 Å². The lowest BCUT2D eigenvalue weighted by Gasteiger charge is -2.04. The van der Waals surface area contributed by atoms with Gasteiger partial charge in [-0.15, -0.1) is 0 Å². The number of pyridine rings is 1. The fourth-order valence-electron chi connectivity index (χ4n) is 1.34. The topological polar surface area (TPSA) is 111 Å². The van der Waals surface area contributed by atoms with Crippen molar-refractivity contribution >= 4 is 21.8 Å². The van der Waals surface area contributed by atoms with Crippen LogP contribution in [-0.4, -0.2) is 42.8 Å². The summed E-state index contributed by atoms with van der Waals surface area (Å²) >= 11 is 0. The van der Waals surface area contributed by atoms with Crippen LogP contribution in [0.25, 0.3) is 0 Å². The van der Waals surface area contributed by atoms with Crippen LogP contribution in [-0.2, 0) is 25.1 Å². The summed E-state index contributed by atoms with van der Waals surface area (Å²) in [5.41, 5.74) is -0.173. The molecule has 0 aliphatic rings. The zero-order chi connectivity index (χ0) is 14.5. The summed E-state index contributed by atoms with van der Waals surface area (Å²) in [6.07, 6.45) is 0. The number of ether oxygens (including phenoxy) is 1. The minimum absolute atomic E-state index is 0.0733. The molecule has 19 heavy (non-hydrogen) atoms. The second-order valence-corrected chi connectivity index (χ2v) is 5.72. The Morgan fingerprint density at radius 3 is 2.63 bits per heavy atom. The normalized spacial score (nSPS) is 11.0. The maximum atomic E-state index is 11.7. The molecule has 0 unspecified atom stereocenters. The van der Waals surface area contributed by atoms with Gasteiger partial charge in [-0.25, -0.2) is 18.2 Å². The number of carboxylic acids is 1. The Morgan fingerprint density at radius 2 is 2.05 bits per heavy atom. The van der Waals surface area contributed by atoms with Crippen LogP contribution in [0.1, 0.15) is 23.1 Å². The van der Waals surface area contributed by atoms with Crippen LogP contribution in [0.15, 0.2) is 18.2 Å². The van der Waals surface area contributed by atoms with Crippen LogP contribution in [0, 0.1) is 0 Å². The predicted molar refractivity (Wildman–Crippen MR) is 65.3 cm³/mol. The maximum absolute atomic E-state index is 11.7. The predicted octanol–water partition coefficient (Wildman–Crippen LogP) is 0.258. The third kappa shape index (κ3) is 5.04. The summed E-state index contributed by atoms with van der Waals surface area (Å²) in [7, 11) is -3.73. The Labute approximate surface area is 110 Å². The van der Waals surface area contributed by atoms with Gasteiger partial charge in [0.25, 0.3) is 0 Å². The quantitative estimate of drug-likeness (QED) is 0.747. The van der Waals surface area contributed by atoms with Crippen molar-refractivity contribution in [1.82, 2.24) is 4.98 Å². The Kier molecular flexibility index (Phi) is 4.99.